The quantitative estimate of drug-likeness (QED) is 0.879. The van der Waals surface area contributed by atoms with Gasteiger partial charge in [-0.25, -0.2) is 21.9 Å². The lowest BCUT2D eigenvalue weighted by Crippen LogP contribution is -2.26. The smallest absolute Gasteiger partial charge is 0.240 e. The number of benzene rings is 2. The van der Waals surface area contributed by atoms with Crippen LogP contribution in [0.1, 0.15) is 11.1 Å². The molecular weight excluding hydrogens is 324 g/mol. The van der Waals surface area contributed by atoms with E-state index < -0.39 is 21.7 Å². The van der Waals surface area contributed by atoms with Crippen LogP contribution >= 0.6 is 0 Å². The first kappa shape index (κ1) is 17.4. The second kappa shape index (κ2) is 7.06. The van der Waals surface area contributed by atoms with Crippen molar-refractivity contribution >= 4 is 10.0 Å². The minimum Gasteiger partial charge on any atom is -0.496 e. The van der Waals surface area contributed by atoms with Gasteiger partial charge in [-0.3, -0.25) is 0 Å². The predicted molar refractivity (Wildman–Crippen MR) is 83.0 cm³/mol. The topological polar surface area (TPSA) is 55.4 Å². The fourth-order valence-electron chi connectivity index (χ4n) is 2.25. The second-order valence-electron chi connectivity index (χ2n) is 5.01. The molecule has 0 aromatic heterocycles. The maximum Gasteiger partial charge on any atom is 0.240 e. The Labute approximate surface area is 134 Å². The third-order valence-electron chi connectivity index (χ3n) is 3.36. The molecule has 0 heterocycles. The summed E-state index contributed by atoms with van der Waals surface area (Å²) in [6.45, 7) is 1.59. The number of sulfonamides is 1. The summed E-state index contributed by atoms with van der Waals surface area (Å²) >= 11 is 0. The van der Waals surface area contributed by atoms with Crippen molar-refractivity contribution in [3.8, 4) is 5.75 Å². The van der Waals surface area contributed by atoms with Gasteiger partial charge in [-0.05, 0) is 60.9 Å². The van der Waals surface area contributed by atoms with Crippen LogP contribution in [0.25, 0.3) is 0 Å². The molecule has 0 atom stereocenters. The Bertz CT molecular complexity index is 807. The normalized spacial score (nSPS) is 11.5. The Hall–Kier alpha value is -1.99. The number of hydrogen-bond acceptors (Lipinski definition) is 3. The molecule has 2 aromatic rings. The Balaban J connectivity index is 2.10. The molecule has 2 aromatic carbocycles. The minimum absolute atomic E-state index is 0.0186. The molecule has 0 unspecified atom stereocenters. The minimum atomic E-state index is -3.76. The number of hydrogen-bond donors (Lipinski definition) is 1. The van der Waals surface area contributed by atoms with Crippen molar-refractivity contribution in [3.05, 3.63) is 59.2 Å². The molecule has 124 valence electrons. The zero-order valence-electron chi connectivity index (χ0n) is 12.8. The first-order valence-electron chi connectivity index (χ1n) is 6.92. The molecule has 0 saturated carbocycles. The van der Waals surface area contributed by atoms with Crippen LogP contribution in [0.4, 0.5) is 8.78 Å². The lowest BCUT2D eigenvalue weighted by atomic mass is 10.1. The molecular formula is C16H17F2NO3S. The van der Waals surface area contributed by atoms with Crippen LogP contribution in [0, 0.1) is 18.6 Å². The summed E-state index contributed by atoms with van der Waals surface area (Å²) in [5.74, 6) is -0.424. The largest absolute Gasteiger partial charge is 0.496 e. The predicted octanol–water partition coefficient (Wildman–Crippen LogP) is 2.80. The van der Waals surface area contributed by atoms with E-state index >= 15 is 0 Å². The lowest BCUT2D eigenvalue weighted by molar-refractivity contribution is 0.408. The molecule has 0 bridgehead atoms. The Morgan fingerprint density at radius 2 is 1.74 bits per heavy atom. The highest BCUT2D eigenvalue weighted by Gasteiger charge is 2.17. The van der Waals surface area contributed by atoms with Crippen LogP contribution in [-0.4, -0.2) is 22.1 Å². The van der Waals surface area contributed by atoms with Gasteiger partial charge in [0.25, 0.3) is 0 Å². The van der Waals surface area contributed by atoms with Crippen molar-refractivity contribution in [1.29, 1.82) is 0 Å². The van der Waals surface area contributed by atoms with Crippen LogP contribution in [0.3, 0.4) is 0 Å². The third kappa shape index (κ3) is 4.27. The summed E-state index contributed by atoms with van der Waals surface area (Å²) in [5, 5.41) is 0. The third-order valence-corrected chi connectivity index (χ3v) is 4.98. The number of nitrogens with one attached hydrogen (secondary N) is 1. The van der Waals surface area contributed by atoms with Gasteiger partial charge in [-0.1, -0.05) is 0 Å². The van der Waals surface area contributed by atoms with Crippen LogP contribution in [0.2, 0.25) is 0 Å². The Morgan fingerprint density at radius 1 is 1.09 bits per heavy atom. The van der Waals surface area contributed by atoms with Gasteiger partial charge in [0.05, 0.1) is 12.0 Å². The molecule has 0 radical (unpaired) electrons. The van der Waals surface area contributed by atoms with E-state index in [1.165, 1.54) is 38.3 Å². The van der Waals surface area contributed by atoms with E-state index in [2.05, 4.69) is 4.72 Å². The Kier molecular flexibility index (Phi) is 5.33. The van der Waals surface area contributed by atoms with E-state index in [1.807, 2.05) is 0 Å². The van der Waals surface area contributed by atoms with E-state index in [0.717, 1.165) is 12.1 Å². The first-order valence-corrected chi connectivity index (χ1v) is 8.40. The molecule has 0 aliphatic carbocycles. The standard InChI is InChI=1S/C16H17F2NO3S/c1-11-9-13(17)4-6-16(11)23(20,21)19-8-7-12-10-14(18)3-5-15(12)22-2/h3-6,9-10,19H,7-8H2,1-2H3. The van der Waals surface area contributed by atoms with Gasteiger partial charge in [0.15, 0.2) is 0 Å². The van der Waals surface area contributed by atoms with Crippen molar-refractivity contribution in [1.82, 2.24) is 4.72 Å². The highest BCUT2D eigenvalue weighted by atomic mass is 32.2. The van der Waals surface area contributed by atoms with E-state index in [-0.39, 0.29) is 17.9 Å². The number of methoxy groups -OCH3 is 1. The van der Waals surface area contributed by atoms with E-state index in [1.54, 1.807) is 0 Å². The zero-order valence-corrected chi connectivity index (χ0v) is 13.6. The summed E-state index contributed by atoms with van der Waals surface area (Å²) < 4.78 is 58.4. The van der Waals surface area contributed by atoms with E-state index in [9.17, 15) is 17.2 Å². The zero-order chi connectivity index (χ0) is 17.0. The highest BCUT2D eigenvalue weighted by Crippen LogP contribution is 2.20. The highest BCUT2D eigenvalue weighted by molar-refractivity contribution is 7.89. The molecule has 0 spiro atoms. The van der Waals surface area contributed by atoms with Gasteiger partial charge in [0.1, 0.15) is 17.4 Å². The number of aryl methyl sites for hydroxylation is 1. The molecule has 0 aliphatic heterocycles. The molecule has 23 heavy (non-hydrogen) atoms. The molecule has 4 nitrogen and oxygen atoms in total. The molecule has 2 rings (SSSR count). The second-order valence-corrected chi connectivity index (χ2v) is 6.75. The van der Waals surface area contributed by atoms with Crippen molar-refractivity contribution in [3.63, 3.8) is 0 Å². The summed E-state index contributed by atoms with van der Waals surface area (Å²) in [7, 11) is -2.30. The lowest BCUT2D eigenvalue weighted by Gasteiger charge is -2.11. The molecule has 1 N–H and O–H groups in total. The summed E-state index contributed by atoms with van der Waals surface area (Å²) in [5.41, 5.74) is 0.881. The van der Waals surface area contributed by atoms with Crippen LogP contribution in [0.5, 0.6) is 5.75 Å². The average molecular weight is 341 g/mol. The summed E-state index contributed by atoms with van der Waals surface area (Å²) in [4.78, 5) is 0.0186. The van der Waals surface area contributed by atoms with Crippen LogP contribution < -0.4 is 9.46 Å². The maximum atomic E-state index is 13.3. The molecule has 7 heteroatoms. The van der Waals surface area contributed by atoms with Gasteiger partial charge in [0.2, 0.25) is 10.0 Å². The SMILES string of the molecule is COc1ccc(F)cc1CCNS(=O)(=O)c1ccc(F)cc1C. The average Bonchev–Trinajstić information content (AvgIpc) is 2.47. The van der Waals surface area contributed by atoms with Crippen LogP contribution in [-0.2, 0) is 16.4 Å². The van der Waals surface area contributed by atoms with E-state index in [4.69, 9.17) is 4.74 Å². The fourth-order valence-corrected chi connectivity index (χ4v) is 3.51. The summed E-state index contributed by atoms with van der Waals surface area (Å²) in [6.07, 6.45) is 0.264. The molecule has 0 saturated heterocycles. The number of rotatable bonds is 6. The molecule has 0 amide bonds. The van der Waals surface area contributed by atoms with Gasteiger partial charge in [0, 0.05) is 6.54 Å². The maximum absolute atomic E-state index is 13.3. The number of halogens is 2. The fraction of sp³-hybridized carbons (Fsp3) is 0.250. The van der Waals surface area contributed by atoms with Gasteiger partial charge in [-0.15, -0.1) is 0 Å². The van der Waals surface area contributed by atoms with Crippen LogP contribution in [0.15, 0.2) is 41.3 Å². The van der Waals surface area contributed by atoms with Crippen molar-refractivity contribution in [2.45, 2.75) is 18.2 Å². The van der Waals surface area contributed by atoms with Crippen molar-refractivity contribution in [2.75, 3.05) is 13.7 Å². The van der Waals surface area contributed by atoms with Crippen molar-refractivity contribution < 1.29 is 21.9 Å². The van der Waals surface area contributed by atoms with Gasteiger partial charge < -0.3 is 4.74 Å². The molecule has 0 aliphatic rings. The number of ether oxygens (including phenoxy) is 1. The van der Waals surface area contributed by atoms with Crippen molar-refractivity contribution in [2.24, 2.45) is 0 Å². The van der Waals surface area contributed by atoms with Gasteiger partial charge >= 0.3 is 0 Å². The van der Waals surface area contributed by atoms with Gasteiger partial charge in [-0.2, -0.15) is 0 Å². The van der Waals surface area contributed by atoms with E-state index in [0.29, 0.717) is 16.9 Å². The monoisotopic (exact) mass is 341 g/mol. The molecule has 0 fully saturated rings. The summed E-state index contributed by atoms with van der Waals surface area (Å²) in [6, 6.07) is 7.53. The Morgan fingerprint density at radius 3 is 2.39 bits per heavy atom. The first-order chi connectivity index (χ1) is 10.8.